The molecule has 0 aliphatic rings. The molecule has 0 aromatic heterocycles. The molecule has 0 fully saturated rings. The number of carbonyl (C=O) groups is 3. The lowest BCUT2D eigenvalue weighted by Crippen LogP contribution is -2.30. The molecule has 0 aromatic rings. The van der Waals surface area contributed by atoms with E-state index in [1.54, 1.807) is 0 Å². The van der Waals surface area contributed by atoms with Gasteiger partial charge in [-0.1, -0.05) is 214 Å². The first-order chi connectivity index (χ1) is 37.2. The Balaban J connectivity index is 4.79. The number of aliphatic hydroxyl groups excluding tert-OH is 1. The number of phosphoric acid groups is 1. The fourth-order valence-corrected chi connectivity index (χ4v) is 8.65. The van der Waals surface area contributed by atoms with Crippen LogP contribution in [0.3, 0.4) is 0 Å². The Labute approximate surface area is 463 Å². The normalized spacial score (nSPS) is 14.0. The van der Waals surface area contributed by atoms with E-state index in [4.69, 9.17) is 23.3 Å². The van der Waals surface area contributed by atoms with Crippen molar-refractivity contribution in [3.8, 4) is 0 Å². The Morgan fingerprint density at radius 3 is 1.12 bits per heavy atom. The third-order valence-corrected chi connectivity index (χ3v) is 13.4. The van der Waals surface area contributed by atoms with Crippen LogP contribution in [0.15, 0.2) is 97.2 Å². The monoisotopic (exact) mass is 1080 g/mol. The van der Waals surface area contributed by atoms with Crippen LogP contribution in [0.5, 0.6) is 0 Å². The highest BCUT2D eigenvalue weighted by molar-refractivity contribution is 7.47. The standard InChI is InChI=1S/C64H109O11P/c1-4-7-10-13-16-19-22-24-26-28-30-32-34-36-39-41-44-47-50-53-62(66)71-57-61(75-64(68)55-52-49-46-43-40-37-35-33-31-29-27-25-23-20-17-14-11-8-5-2)59-73-76(69,70)72-58-60(56-65)74-63(67)54-51-48-45-42-38-21-18-15-12-9-6-3/h8,11,15-20,24-27,31,33,37,40,60-61,65H,4-7,9-10,12-14,21-23,28-30,32,34-36,38-39,41-59H2,1-3H3,(H,69,70)/b11-8-,18-15-,19-16-,20-17-,26-24-,27-25-,33-31-,40-37-. The number of unbranched alkanes of at least 4 members (excludes halogenated alkanes) is 22. The molecule has 2 N–H and O–H groups in total. The van der Waals surface area contributed by atoms with Gasteiger partial charge >= 0.3 is 25.7 Å². The smallest absolute Gasteiger partial charge is 0.462 e. The van der Waals surface area contributed by atoms with E-state index in [1.807, 2.05) is 0 Å². The second-order valence-electron chi connectivity index (χ2n) is 19.8. The molecule has 0 bridgehead atoms. The fourth-order valence-electron chi connectivity index (χ4n) is 7.86. The minimum atomic E-state index is -4.76. The molecule has 0 rings (SSSR count). The van der Waals surface area contributed by atoms with Crippen LogP contribution in [0, 0.1) is 0 Å². The molecule has 0 amide bonds. The second-order valence-corrected chi connectivity index (χ2v) is 21.2. The van der Waals surface area contributed by atoms with Crippen molar-refractivity contribution in [1.29, 1.82) is 0 Å². The number of ether oxygens (including phenoxy) is 3. The summed E-state index contributed by atoms with van der Waals surface area (Å²) < 4.78 is 39.5. The molecular formula is C64H109O11P. The lowest BCUT2D eigenvalue weighted by molar-refractivity contribution is -0.161. The maximum atomic E-state index is 12.9. The Bertz CT molecular complexity index is 1640. The first-order valence-corrected chi connectivity index (χ1v) is 31.6. The molecule has 0 saturated carbocycles. The molecule has 436 valence electrons. The molecule has 0 spiro atoms. The predicted molar refractivity (Wildman–Crippen MR) is 316 cm³/mol. The van der Waals surface area contributed by atoms with Crippen molar-refractivity contribution in [2.75, 3.05) is 26.4 Å². The number of aliphatic hydroxyl groups is 1. The zero-order chi connectivity index (χ0) is 55.5. The summed E-state index contributed by atoms with van der Waals surface area (Å²) in [6, 6.07) is 0. The topological polar surface area (TPSA) is 155 Å². The number of allylic oxidation sites excluding steroid dienone is 16. The lowest BCUT2D eigenvalue weighted by atomic mass is 10.1. The maximum Gasteiger partial charge on any atom is 0.472 e. The Morgan fingerprint density at radius 2 is 0.697 bits per heavy atom. The van der Waals surface area contributed by atoms with Gasteiger partial charge in [-0.05, 0) is 116 Å². The molecule has 76 heavy (non-hydrogen) atoms. The van der Waals surface area contributed by atoms with Gasteiger partial charge in [0.05, 0.1) is 19.8 Å². The second kappa shape index (κ2) is 57.6. The summed E-state index contributed by atoms with van der Waals surface area (Å²) in [5, 5.41) is 9.80. The van der Waals surface area contributed by atoms with E-state index >= 15 is 0 Å². The molecule has 0 aliphatic carbocycles. The van der Waals surface area contributed by atoms with Gasteiger partial charge in [-0.15, -0.1) is 0 Å². The van der Waals surface area contributed by atoms with E-state index in [2.05, 4.69) is 118 Å². The number of hydrogen-bond donors (Lipinski definition) is 2. The average Bonchev–Trinajstić information content (AvgIpc) is 3.41. The van der Waals surface area contributed by atoms with Gasteiger partial charge in [0.1, 0.15) is 12.7 Å². The van der Waals surface area contributed by atoms with E-state index in [0.29, 0.717) is 19.3 Å². The molecule has 11 nitrogen and oxygen atoms in total. The molecule has 0 radical (unpaired) electrons. The average molecular weight is 1090 g/mol. The van der Waals surface area contributed by atoms with Crippen molar-refractivity contribution in [3.05, 3.63) is 97.2 Å². The van der Waals surface area contributed by atoms with Crippen LogP contribution >= 0.6 is 7.82 Å². The van der Waals surface area contributed by atoms with Gasteiger partial charge in [-0.2, -0.15) is 0 Å². The molecule has 3 unspecified atom stereocenters. The van der Waals surface area contributed by atoms with Gasteiger partial charge in [0.15, 0.2) is 6.10 Å². The van der Waals surface area contributed by atoms with Crippen molar-refractivity contribution >= 4 is 25.7 Å². The number of hydrogen-bond acceptors (Lipinski definition) is 10. The predicted octanol–water partition coefficient (Wildman–Crippen LogP) is 18.0. The third kappa shape index (κ3) is 55.2. The minimum absolute atomic E-state index is 0.123. The Morgan fingerprint density at radius 1 is 0.382 bits per heavy atom. The summed E-state index contributed by atoms with van der Waals surface area (Å²) in [6.45, 7) is 4.42. The Kier molecular flexibility index (Phi) is 54.8. The molecule has 12 heteroatoms. The maximum absolute atomic E-state index is 12.9. The number of carbonyl (C=O) groups excluding carboxylic acids is 3. The molecule has 0 aromatic carbocycles. The van der Waals surface area contributed by atoms with Crippen LogP contribution < -0.4 is 0 Å². The van der Waals surface area contributed by atoms with E-state index in [0.717, 1.165) is 122 Å². The van der Waals surface area contributed by atoms with Crippen molar-refractivity contribution < 1.29 is 52.2 Å². The highest BCUT2D eigenvalue weighted by atomic mass is 31.2. The first kappa shape index (κ1) is 72.4. The number of rotatable bonds is 55. The third-order valence-electron chi connectivity index (χ3n) is 12.5. The van der Waals surface area contributed by atoms with E-state index in [-0.39, 0.29) is 25.9 Å². The van der Waals surface area contributed by atoms with Crippen molar-refractivity contribution in [2.45, 2.75) is 264 Å². The van der Waals surface area contributed by atoms with Gasteiger partial charge in [-0.3, -0.25) is 23.4 Å². The van der Waals surface area contributed by atoms with Crippen LogP contribution in [-0.4, -0.2) is 66.5 Å². The summed E-state index contributed by atoms with van der Waals surface area (Å²) in [5.74, 6) is -1.52. The van der Waals surface area contributed by atoms with Crippen molar-refractivity contribution in [3.63, 3.8) is 0 Å². The largest absolute Gasteiger partial charge is 0.472 e. The number of esters is 3. The summed E-state index contributed by atoms with van der Waals surface area (Å²) >= 11 is 0. The fraction of sp³-hybridized carbons (Fsp3) is 0.703. The summed E-state index contributed by atoms with van der Waals surface area (Å²) in [6.07, 6.45) is 67.9. The van der Waals surface area contributed by atoms with Gasteiger partial charge in [0, 0.05) is 19.3 Å². The zero-order valence-corrected chi connectivity index (χ0v) is 49.1. The van der Waals surface area contributed by atoms with Gasteiger partial charge < -0.3 is 24.2 Å². The van der Waals surface area contributed by atoms with Gasteiger partial charge in [0.2, 0.25) is 0 Å². The summed E-state index contributed by atoms with van der Waals surface area (Å²) in [7, 11) is -4.76. The minimum Gasteiger partial charge on any atom is -0.462 e. The van der Waals surface area contributed by atoms with Crippen LogP contribution in [-0.2, 0) is 42.2 Å². The van der Waals surface area contributed by atoms with Crippen LogP contribution in [0.1, 0.15) is 252 Å². The van der Waals surface area contributed by atoms with E-state index in [9.17, 15) is 28.9 Å². The summed E-state index contributed by atoms with van der Waals surface area (Å²) in [5.41, 5.74) is 0. The molecule has 0 saturated heterocycles. The highest BCUT2D eigenvalue weighted by Gasteiger charge is 2.28. The van der Waals surface area contributed by atoms with Crippen molar-refractivity contribution in [2.24, 2.45) is 0 Å². The van der Waals surface area contributed by atoms with Gasteiger partial charge in [0.25, 0.3) is 0 Å². The van der Waals surface area contributed by atoms with E-state index in [1.165, 1.54) is 70.6 Å². The SMILES string of the molecule is CC/C=C\C/C=C\C/C=C\C/C=C\C/C=C\CCCCCC(=O)OC(COC(=O)CCCCCCCCCCC/C=C\C/C=C\CCCCC)COP(=O)(O)OCC(CO)OC(=O)CCCCCCC/C=C\CCCC. The molecular weight excluding hydrogens is 976 g/mol. The summed E-state index contributed by atoms with van der Waals surface area (Å²) in [4.78, 5) is 48.6. The zero-order valence-electron chi connectivity index (χ0n) is 48.2. The Hall–Kier alpha value is -3.60. The van der Waals surface area contributed by atoms with Crippen LogP contribution in [0.4, 0.5) is 0 Å². The molecule has 0 aliphatic heterocycles. The molecule has 3 atom stereocenters. The first-order valence-electron chi connectivity index (χ1n) is 30.1. The van der Waals surface area contributed by atoms with Crippen molar-refractivity contribution in [1.82, 2.24) is 0 Å². The van der Waals surface area contributed by atoms with Crippen LogP contribution in [0.2, 0.25) is 0 Å². The highest BCUT2D eigenvalue weighted by Crippen LogP contribution is 2.43. The van der Waals surface area contributed by atoms with Crippen LogP contribution in [0.25, 0.3) is 0 Å². The van der Waals surface area contributed by atoms with E-state index < -0.39 is 57.8 Å². The molecule has 0 heterocycles. The quantitative estimate of drug-likeness (QED) is 0.0197. The van der Waals surface area contributed by atoms with Gasteiger partial charge in [-0.25, -0.2) is 4.57 Å². The lowest BCUT2D eigenvalue weighted by Gasteiger charge is -2.21. The number of phosphoric ester groups is 1.